The van der Waals surface area contributed by atoms with E-state index in [4.69, 9.17) is 9.15 Å². The number of hydrogen-bond donors (Lipinski definition) is 1. The number of nitrogens with one attached hydrogen (secondary N) is 1. The van der Waals surface area contributed by atoms with Crippen LogP contribution >= 0.6 is 11.8 Å². The fourth-order valence-corrected chi connectivity index (χ4v) is 4.63. The van der Waals surface area contributed by atoms with Crippen LogP contribution in [-0.4, -0.2) is 32.0 Å². The Kier molecular flexibility index (Phi) is 5.97. The van der Waals surface area contributed by atoms with E-state index in [0.29, 0.717) is 33.3 Å². The van der Waals surface area contributed by atoms with Crippen LogP contribution in [0.15, 0.2) is 87.3 Å². The molecular weight excluding hydrogens is 436 g/mol. The lowest BCUT2D eigenvalue weighted by Gasteiger charge is -2.08. The highest BCUT2D eigenvalue weighted by Crippen LogP contribution is 2.27. The number of anilines is 1. The summed E-state index contributed by atoms with van der Waals surface area (Å²) in [4.78, 5) is 16.6. The topological polar surface area (TPSA) is 98.5 Å². The van der Waals surface area contributed by atoms with E-state index in [0.717, 1.165) is 11.8 Å². The number of nitrogens with zero attached hydrogens (tertiary/aromatic N) is 1. The first-order valence-corrected chi connectivity index (χ1v) is 11.7. The van der Waals surface area contributed by atoms with Crippen molar-refractivity contribution in [2.75, 3.05) is 17.6 Å². The van der Waals surface area contributed by atoms with Crippen molar-refractivity contribution in [3.8, 4) is 5.75 Å². The number of methoxy groups -OCH3 is 1. The third kappa shape index (κ3) is 4.89. The standard InChI is InChI=1S/C22H18N2O5S2/c1-28-17-9-7-16(8-10-17)24-31(26,27)18-11-12-21-19(13-18)23-22(29-21)30-14-20(25)15-5-3-2-4-6-15/h2-13,24H,14H2,1H3. The molecule has 4 aromatic rings. The third-order valence-corrected chi connectivity index (χ3v) is 6.62. The minimum Gasteiger partial charge on any atom is -0.497 e. The normalized spacial score (nSPS) is 11.4. The van der Waals surface area contributed by atoms with Gasteiger partial charge in [-0.25, -0.2) is 13.4 Å². The second-order valence-corrected chi connectivity index (χ2v) is 9.13. The van der Waals surface area contributed by atoms with Gasteiger partial charge in [-0.2, -0.15) is 0 Å². The Labute approximate surface area is 183 Å². The summed E-state index contributed by atoms with van der Waals surface area (Å²) in [7, 11) is -2.27. The molecule has 3 aromatic carbocycles. The number of carbonyl (C=O) groups excluding carboxylic acids is 1. The monoisotopic (exact) mass is 454 g/mol. The SMILES string of the molecule is COc1ccc(NS(=O)(=O)c2ccc3oc(SCC(=O)c4ccccc4)nc3c2)cc1. The molecule has 0 amide bonds. The van der Waals surface area contributed by atoms with Gasteiger partial charge >= 0.3 is 0 Å². The lowest BCUT2D eigenvalue weighted by Crippen LogP contribution is -2.12. The van der Waals surface area contributed by atoms with Crippen LogP contribution in [0.4, 0.5) is 5.69 Å². The number of thioether (sulfide) groups is 1. The molecule has 0 saturated heterocycles. The number of sulfonamides is 1. The molecule has 0 saturated carbocycles. The highest BCUT2D eigenvalue weighted by Gasteiger charge is 2.17. The van der Waals surface area contributed by atoms with Gasteiger partial charge in [0, 0.05) is 11.3 Å². The zero-order valence-electron chi connectivity index (χ0n) is 16.4. The molecule has 1 N–H and O–H groups in total. The van der Waals surface area contributed by atoms with Crippen LogP contribution in [-0.2, 0) is 10.0 Å². The molecule has 1 aromatic heterocycles. The summed E-state index contributed by atoms with van der Waals surface area (Å²) in [6.07, 6.45) is 0. The Morgan fingerprint density at radius 2 is 1.81 bits per heavy atom. The average molecular weight is 455 g/mol. The number of ether oxygens (including phenoxy) is 1. The molecule has 7 nitrogen and oxygen atoms in total. The van der Waals surface area contributed by atoms with E-state index in [-0.39, 0.29) is 16.4 Å². The van der Waals surface area contributed by atoms with E-state index in [9.17, 15) is 13.2 Å². The lowest BCUT2D eigenvalue weighted by molar-refractivity contribution is 0.102. The van der Waals surface area contributed by atoms with Crippen LogP contribution in [0.3, 0.4) is 0 Å². The summed E-state index contributed by atoms with van der Waals surface area (Å²) in [6.45, 7) is 0. The number of Topliss-reactive ketones (excluding diaryl/α,β-unsaturated/α-hetero) is 1. The Hall–Kier alpha value is -3.30. The van der Waals surface area contributed by atoms with Gasteiger partial charge in [0.15, 0.2) is 11.4 Å². The second-order valence-electron chi connectivity index (χ2n) is 6.52. The molecule has 9 heteroatoms. The molecule has 0 unspecified atom stereocenters. The minimum absolute atomic E-state index is 0.0418. The van der Waals surface area contributed by atoms with Crippen molar-refractivity contribution in [1.82, 2.24) is 4.98 Å². The number of rotatable bonds is 8. The molecule has 31 heavy (non-hydrogen) atoms. The summed E-state index contributed by atoms with van der Waals surface area (Å²) in [5, 5.41) is 0.303. The highest BCUT2D eigenvalue weighted by molar-refractivity contribution is 7.99. The van der Waals surface area contributed by atoms with Crippen LogP contribution in [0, 0.1) is 0 Å². The van der Waals surface area contributed by atoms with E-state index in [1.807, 2.05) is 6.07 Å². The van der Waals surface area contributed by atoms with Crippen LogP contribution in [0.5, 0.6) is 5.75 Å². The maximum atomic E-state index is 12.7. The van der Waals surface area contributed by atoms with Gasteiger partial charge in [0.2, 0.25) is 0 Å². The Morgan fingerprint density at radius 1 is 1.06 bits per heavy atom. The number of carbonyl (C=O) groups is 1. The predicted molar refractivity (Wildman–Crippen MR) is 119 cm³/mol. The summed E-state index contributed by atoms with van der Waals surface area (Å²) in [6, 6.07) is 20.0. The molecule has 0 bridgehead atoms. The van der Waals surface area contributed by atoms with Gasteiger partial charge in [0.05, 0.1) is 17.8 Å². The van der Waals surface area contributed by atoms with Crippen molar-refractivity contribution >= 4 is 44.4 Å². The summed E-state index contributed by atoms with van der Waals surface area (Å²) >= 11 is 1.16. The maximum absolute atomic E-state index is 12.7. The van der Waals surface area contributed by atoms with Gasteiger partial charge in [0.25, 0.3) is 15.2 Å². The summed E-state index contributed by atoms with van der Waals surface area (Å²) < 4.78 is 38.7. The van der Waals surface area contributed by atoms with Crippen molar-refractivity contribution in [2.45, 2.75) is 10.1 Å². The number of ketones is 1. The fraction of sp³-hybridized carbons (Fsp3) is 0.0909. The lowest BCUT2D eigenvalue weighted by atomic mass is 10.2. The van der Waals surface area contributed by atoms with Crippen molar-refractivity contribution in [2.24, 2.45) is 0 Å². The summed E-state index contributed by atoms with van der Waals surface area (Å²) in [5.41, 5.74) is 1.87. The van der Waals surface area contributed by atoms with E-state index < -0.39 is 10.0 Å². The molecule has 0 radical (unpaired) electrons. The van der Waals surface area contributed by atoms with Crippen molar-refractivity contribution in [3.63, 3.8) is 0 Å². The molecule has 0 fully saturated rings. The number of fused-ring (bicyclic) bond motifs is 1. The van der Waals surface area contributed by atoms with E-state index in [1.54, 1.807) is 54.6 Å². The molecule has 0 atom stereocenters. The van der Waals surface area contributed by atoms with E-state index in [1.165, 1.54) is 19.2 Å². The van der Waals surface area contributed by atoms with Gasteiger partial charge < -0.3 is 9.15 Å². The van der Waals surface area contributed by atoms with Gasteiger partial charge in [-0.05, 0) is 42.5 Å². The first kappa shape index (κ1) is 21.0. The van der Waals surface area contributed by atoms with Gasteiger partial charge in [0.1, 0.15) is 11.3 Å². The van der Waals surface area contributed by atoms with Crippen LogP contribution in [0.1, 0.15) is 10.4 Å². The molecule has 0 aliphatic heterocycles. The van der Waals surface area contributed by atoms with E-state index in [2.05, 4.69) is 9.71 Å². The number of benzene rings is 3. The minimum atomic E-state index is -3.81. The van der Waals surface area contributed by atoms with E-state index >= 15 is 0 Å². The zero-order valence-corrected chi connectivity index (χ0v) is 18.1. The van der Waals surface area contributed by atoms with Crippen molar-refractivity contribution in [1.29, 1.82) is 0 Å². The van der Waals surface area contributed by atoms with Crippen LogP contribution < -0.4 is 9.46 Å². The third-order valence-electron chi connectivity index (χ3n) is 4.41. The number of hydrogen-bond acceptors (Lipinski definition) is 7. The van der Waals surface area contributed by atoms with Gasteiger partial charge in [-0.15, -0.1) is 0 Å². The fourth-order valence-electron chi connectivity index (χ4n) is 2.82. The zero-order chi connectivity index (χ0) is 21.8. The molecule has 0 aliphatic carbocycles. The smallest absolute Gasteiger partial charge is 0.261 e. The van der Waals surface area contributed by atoms with Crippen LogP contribution in [0.2, 0.25) is 0 Å². The summed E-state index contributed by atoms with van der Waals surface area (Å²) in [5.74, 6) is 0.753. The Bertz CT molecular complexity index is 1320. The molecular formula is C22H18N2O5S2. The second kappa shape index (κ2) is 8.83. The quantitative estimate of drug-likeness (QED) is 0.307. The predicted octanol–water partition coefficient (Wildman–Crippen LogP) is 4.61. The number of oxazole rings is 1. The Morgan fingerprint density at radius 3 is 2.52 bits per heavy atom. The first-order valence-electron chi connectivity index (χ1n) is 9.23. The molecule has 158 valence electrons. The first-order chi connectivity index (χ1) is 14.9. The van der Waals surface area contributed by atoms with Crippen molar-refractivity contribution < 1.29 is 22.4 Å². The Balaban J connectivity index is 1.49. The molecule has 4 rings (SSSR count). The van der Waals surface area contributed by atoms with Gasteiger partial charge in [-0.1, -0.05) is 42.1 Å². The van der Waals surface area contributed by atoms with Gasteiger partial charge in [-0.3, -0.25) is 9.52 Å². The van der Waals surface area contributed by atoms with Crippen LogP contribution in [0.25, 0.3) is 11.1 Å². The van der Waals surface area contributed by atoms with Crippen molar-refractivity contribution in [3.05, 3.63) is 78.4 Å². The molecule has 1 heterocycles. The molecule has 0 aliphatic rings. The highest BCUT2D eigenvalue weighted by atomic mass is 32.2. The largest absolute Gasteiger partial charge is 0.497 e. The average Bonchev–Trinajstić information content (AvgIpc) is 3.20. The number of aromatic nitrogens is 1. The molecule has 0 spiro atoms. The maximum Gasteiger partial charge on any atom is 0.261 e.